The van der Waals surface area contributed by atoms with Crippen molar-refractivity contribution in [2.75, 3.05) is 44.2 Å². The predicted octanol–water partition coefficient (Wildman–Crippen LogP) is -0.889. The summed E-state index contributed by atoms with van der Waals surface area (Å²) in [7, 11) is 0. The molecule has 11 nitrogen and oxygen atoms in total. The third-order valence-corrected chi connectivity index (χ3v) is 5.80. The topological polar surface area (TPSA) is 145 Å². The van der Waals surface area contributed by atoms with E-state index in [9.17, 15) is 14.8 Å². The summed E-state index contributed by atoms with van der Waals surface area (Å²) < 4.78 is 0. The van der Waals surface area contributed by atoms with E-state index < -0.39 is 11.6 Å². The molecule has 0 saturated carbocycles. The van der Waals surface area contributed by atoms with E-state index in [2.05, 4.69) is 30.8 Å². The molecule has 1 aliphatic heterocycles. The second-order valence-corrected chi connectivity index (χ2v) is 7.85. The van der Waals surface area contributed by atoms with Gasteiger partial charge in [0.05, 0.1) is 12.1 Å². The summed E-state index contributed by atoms with van der Waals surface area (Å²) in [6.07, 6.45) is 5.02. The van der Waals surface area contributed by atoms with E-state index >= 15 is 0 Å². The number of fused-ring (bicyclic) bond motifs is 1. The lowest BCUT2D eigenvalue weighted by atomic mass is 9.95. The minimum Gasteiger partial charge on any atom is -0.394 e. The number of aryl methyl sites for hydroxylation is 1. The molecule has 0 bridgehead atoms. The number of pyridine rings is 1. The Morgan fingerprint density at radius 3 is 2.69 bits per heavy atom. The van der Waals surface area contributed by atoms with Gasteiger partial charge in [-0.25, -0.2) is 9.97 Å². The smallest absolute Gasteiger partial charge is 0.230 e. The number of rotatable bonds is 7. The van der Waals surface area contributed by atoms with Crippen LogP contribution in [-0.2, 0) is 0 Å². The average Bonchev–Trinajstić information content (AvgIpc) is 2.82. The standard InChI is InChI=1S/C21H26N8O3/c1-14-11-15(3-4-24-14)28-9-7-27(8-10-28)5-2-6-29(26-32)19-17(22)21(31)18-16(20(19)30)12-23-13-25-18/h3-4,11-13,26,32H,2,5-10,22H2,1H3/p+1. The highest BCUT2D eigenvalue weighted by Crippen LogP contribution is 2.23. The monoisotopic (exact) mass is 439 g/mol. The summed E-state index contributed by atoms with van der Waals surface area (Å²) in [5.41, 5.74) is 8.78. The molecule has 0 aromatic carbocycles. The van der Waals surface area contributed by atoms with Crippen LogP contribution in [0.3, 0.4) is 0 Å². The molecule has 1 saturated heterocycles. The van der Waals surface area contributed by atoms with Crippen molar-refractivity contribution in [3.8, 4) is 0 Å². The predicted molar refractivity (Wildman–Crippen MR) is 115 cm³/mol. The number of anilines is 1. The van der Waals surface area contributed by atoms with Gasteiger partial charge in [-0.3, -0.25) is 19.5 Å². The van der Waals surface area contributed by atoms with Gasteiger partial charge < -0.3 is 10.6 Å². The van der Waals surface area contributed by atoms with Crippen LogP contribution in [0, 0.1) is 6.92 Å². The minimum atomic E-state index is -0.536. The number of hydrogen-bond acceptors (Lipinski definition) is 10. The van der Waals surface area contributed by atoms with Crippen molar-refractivity contribution in [1.82, 2.24) is 24.9 Å². The van der Waals surface area contributed by atoms with Crippen LogP contribution in [0.2, 0.25) is 0 Å². The van der Waals surface area contributed by atoms with Crippen molar-refractivity contribution in [3.63, 3.8) is 0 Å². The SMILES string of the molecule is Cc1cc(N2CCN(CCCN([NH2+]O)C3=C(N)C(=O)c4ncncc4C3=O)CC2)ccn1. The van der Waals surface area contributed by atoms with Crippen molar-refractivity contribution in [1.29, 1.82) is 0 Å². The quantitative estimate of drug-likeness (QED) is 0.367. The lowest BCUT2D eigenvalue weighted by Gasteiger charge is -2.36. The molecule has 2 aromatic rings. The molecule has 2 aromatic heterocycles. The summed E-state index contributed by atoms with van der Waals surface area (Å²) in [5, 5.41) is 11.1. The Kier molecular flexibility index (Phi) is 6.40. The van der Waals surface area contributed by atoms with E-state index in [0.717, 1.165) is 44.0 Å². The lowest BCUT2D eigenvalue weighted by Crippen LogP contribution is -2.91. The number of allylic oxidation sites excluding steroid dienone is 2. The van der Waals surface area contributed by atoms with E-state index in [4.69, 9.17) is 5.73 Å². The number of nitrogens with zero attached hydrogens (tertiary/aromatic N) is 6. The second-order valence-electron chi connectivity index (χ2n) is 7.85. The molecule has 4 rings (SSSR count). The van der Waals surface area contributed by atoms with Crippen LogP contribution in [0.15, 0.2) is 42.2 Å². The van der Waals surface area contributed by atoms with Crippen LogP contribution in [0.4, 0.5) is 5.69 Å². The van der Waals surface area contributed by atoms with E-state index in [-0.39, 0.29) is 22.7 Å². The number of carbonyl (C=O) groups excluding carboxylic acids is 2. The van der Waals surface area contributed by atoms with Crippen LogP contribution in [0.5, 0.6) is 0 Å². The van der Waals surface area contributed by atoms with Crippen LogP contribution in [0.25, 0.3) is 0 Å². The van der Waals surface area contributed by atoms with Gasteiger partial charge >= 0.3 is 0 Å². The van der Waals surface area contributed by atoms with Crippen LogP contribution in [0.1, 0.15) is 33.0 Å². The van der Waals surface area contributed by atoms with Gasteiger partial charge in [-0.2, -0.15) is 10.2 Å². The Balaban J connectivity index is 1.33. The van der Waals surface area contributed by atoms with Gasteiger partial charge in [-0.1, -0.05) is 0 Å². The zero-order chi connectivity index (χ0) is 22.7. The number of carbonyl (C=O) groups is 2. The van der Waals surface area contributed by atoms with Gasteiger partial charge in [0, 0.05) is 56.5 Å². The van der Waals surface area contributed by atoms with Crippen LogP contribution >= 0.6 is 0 Å². The van der Waals surface area contributed by atoms with Crippen LogP contribution in [-0.4, -0.2) is 80.9 Å². The largest absolute Gasteiger partial charge is 0.394 e. The average molecular weight is 440 g/mol. The Bertz CT molecular complexity index is 1050. The normalized spacial score (nSPS) is 17.0. The third kappa shape index (κ3) is 4.31. The molecule has 168 valence electrons. The van der Waals surface area contributed by atoms with Gasteiger partial charge in [0.1, 0.15) is 17.7 Å². The van der Waals surface area contributed by atoms with Gasteiger partial charge in [0.2, 0.25) is 11.6 Å². The minimum absolute atomic E-state index is 0.00796. The maximum absolute atomic E-state index is 12.9. The van der Waals surface area contributed by atoms with Crippen molar-refractivity contribution < 1.29 is 20.4 Å². The van der Waals surface area contributed by atoms with Gasteiger partial charge in [0.25, 0.3) is 0 Å². The molecule has 1 fully saturated rings. The maximum atomic E-state index is 12.9. The number of ketones is 2. The fourth-order valence-corrected chi connectivity index (χ4v) is 4.10. The second kappa shape index (κ2) is 9.39. The molecule has 1 aliphatic carbocycles. The molecule has 3 heterocycles. The van der Waals surface area contributed by atoms with Crippen molar-refractivity contribution in [2.24, 2.45) is 5.73 Å². The number of nitrogens with two attached hydrogens (primary N) is 2. The van der Waals surface area contributed by atoms with Gasteiger partial charge in [0.15, 0.2) is 5.70 Å². The van der Waals surface area contributed by atoms with Gasteiger partial charge in [-0.15, -0.1) is 5.59 Å². The number of aromatic nitrogens is 3. The number of Topliss-reactive ketones (excluding diaryl/α,β-unsaturated/α-hetero) is 2. The van der Waals surface area contributed by atoms with E-state index in [1.807, 2.05) is 19.2 Å². The van der Waals surface area contributed by atoms with Crippen LogP contribution < -0.4 is 16.2 Å². The Morgan fingerprint density at radius 2 is 1.97 bits per heavy atom. The number of hydrogen-bond donors (Lipinski definition) is 3. The Morgan fingerprint density at radius 1 is 1.19 bits per heavy atom. The first-order valence-corrected chi connectivity index (χ1v) is 10.5. The number of piperazine rings is 1. The highest BCUT2D eigenvalue weighted by molar-refractivity contribution is 6.25. The fourth-order valence-electron chi connectivity index (χ4n) is 4.10. The Hall–Kier alpha value is -3.41. The first-order valence-electron chi connectivity index (χ1n) is 10.5. The van der Waals surface area contributed by atoms with Crippen molar-refractivity contribution >= 4 is 17.3 Å². The molecule has 0 spiro atoms. The maximum Gasteiger partial charge on any atom is 0.230 e. The summed E-state index contributed by atoms with van der Waals surface area (Å²) >= 11 is 0. The summed E-state index contributed by atoms with van der Waals surface area (Å²) in [6.45, 7) is 6.79. The third-order valence-electron chi connectivity index (χ3n) is 5.80. The Labute approximate surface area is 185 Å². The zero-order valence-corrected chi connectivity index (χ0v) is 17.9. The zero-order valence-electron chi connectivity index (χ0n) is 17.9. The summed E-state index contributed by atoms with van der Waals surface area (Å²) in [4.78, 5) is 42.0. The number of quaternary nitrogens is 1. The molecule has 0 atom stereocenters. The fraction of sp³-hybridized carbons (Fsp3) is 0.381. The molecule has 0 unspecified atom stereocenters. The first kappa shape index (κ1) is 21.8. The van der Waals surface area contributed by atoms with E-state index in [1.165, 1.54) is 23.2 Å². The molecule has 5 N–H and O–H groups in total. The highest BCUT2D eigenvalue weighted by atomic mass is 16.5. The van der Waals surface area contributed by atoms with E-state index in [1.54, 1.807) is 0 Å². The molecule has 0 radical (unpaired) electrons. The van der Waals surface area contributed by atoms with Crippen molar-refractivity contribution in [3.05, 3.63) is 59.2 Å². The van der Waals surface area contributed by atoms with Gasteiger partial charge in [-0.05, 0) is 25.5 Å². The first-order chi connectivity index (χ1) is 15.5. The molecule has 32 heavy (non-hydrogen) atoms. The molecule has 2 aliphatic rings. The molecular weight excluding hydrogens is 412 g/mol. The van der Waals surface area contributed by atoms with E-state index in [0.29, 0.717) is 13.0 Å². The summed E-state index contributed by atoms with van der Waals surface area (Å²) in [6, 6.07) is 4.12. The molecular formula is C21H27N8O3+. The molecule has 0 amide bonds. The lowest BCUT2D eigenvalue weighted by molar-refractivity contribution is -0.987. The molecule has 11 heteroatoms. The summed E-state index contributed by atoms with van der Waals surface area (Å²) in [5.74, 6) is -1.00. The van der Waals surface area contributed by atoms with Crippen molar-refractivity contribution in [2.45, 2.75) is 13.3 Å². The highest BCUT2D eigenvalue weighted by Gasteiger charge is 2.36.